The van der Waals surface area contributed by atoms with Crippen molar-refractivity contribution < 1.29 is 17.9 Å². The third-order valence-electron chi connectivity index (χ3n) is 2.86. The number of carbonyl (C=O) groups excluding carboxylic acids is 1. The summed E-state index contributed by atoms with van der Waals surface area (Å²) < 4.78 is 29.3. The van der Waals surface area contributed by atoms with Crippen LogP contribution in [0.1, 0.15) is 30.4 Å². The average molecular weight is 323 g/mol. The molecule has 0 radical (unpaired) electrons. The molecule has 0 bridgehead atoms. The first kappa shape index (κ1) is 17.0. The Bertz CT molecular complexity index is 580. The second kappa shape index (κ2) is 6.60. The monoisotopic (exact) mass is 322 g/mol. The Labute approximate surface area is 123 Å². The molecule has 0 aliphatic rings. The summed E-state index contributed by atoms with van der Waals surface area (Å²) in [5.41, 5.74) is 0.290. The molecule has 0 saturated carbocycles. The molecule has 1 heterocycles. The van der Waals surface area contributed by atoms with E-state index in [9.17, 15) is 13.2 Å². The van der Waals surface area contributed by atoms with Crippen molar-refractivity contribution in [1.82, 2.24) is 9.47 Å². The van der Waals surface area contributed by atoms with Gasteiger partial charge in [0.15, 0.2) is 0 Å². The number of hydrogen-bond donors (Lipinski definition) is 0. The number of amides is 1. The smallest absolute Gasteiger partial charge is 0.270 e. The second-order valence-electron chi connectivity index (χ2n) is 4.72. The quantitative estimate of drug-likeness (QED) is 0.748. The van der Waals surface area contributed by atoms with E-state index in [2.05, 4.69) is 0 Å². The summed E-state index contributed by atoms with van der Waals surface area (Å²) in [4.78, 5) is 13.7. The van der Waals surface area contributed by atoms with Crippen LogP contribution in [0, 0.1) is 0 Å². The summed E-state index contributed by atoms with van der Waals surface area (Å²) in [6.45, 7) is 4.54. The van der Waals surface area contributed by atoms with Gasteiger partial charge < -0.3 is 14.2 Å². The molecule has 1 aromatic rings. The van der Waals surface area contributed by atoms with Crippen LogP contribution in [0.2, 0.25) is 0 Å². The van der Waals surface area contributed by atoms with Gasteiger partial charge in [0.05, 0.1) is 6.61 Å². The molecule has 6 nitrogen and oxygen atoms in total. The zero-order valence-corrected chi connectivity index (χ0v) is 13.5. The molecule has 0 unspecified atom stereocenters. The molecule has 114 valence electrons. The first-order valence-electron chi connectivity index (χ1n) is 6.09. The Balaban J connectivity index is 3.16. The third-order valence-corrected chi connectivity index (χ3v) is 4.18. The minimum atomic E-state index is -3.86. The minimum absolute atomic E-state index is 0.0584. The predicted molar refractivity (Wildman–Crippen MR) is 76.7 cm³/mol. The average Bonchev–Trinajstić information content (AvgIpc) is 2.79. The van der Waals surface area contributed by atoms with E-state index < -0.39 is 9.05 Å². The lowest BCUT2D eigenvalue weighted by molar-refractivity contribution is 0.0732. The Morgan fingerprint density at radius 2 is 2.10 bits per heavy atom. The lowest BCUT2D eigenvalue weighted by Crippen LogP contribution is -2.31. The van der Waals surface area contributed by atoms with Crippen molar-refractivity contribution in [3.05, 3.63) is 18.0 Å². The van der Waals surface area contributed by atoms with Crippen LogP contribution in [0.25, 0.3) is 0 Å². The van der Waals surface area contributed by atoms with Crippen LogP contribution in [0.15, 0.2) is 17.2 Å². The van der Waals surface area contributed by atoms with E-state index in [1.807, 2.05) is 13.8 Å². The van der Waals surface area contributed by atoms with Gasteiger partial charge in [-0.25, -0.2) is 8.42 Å². The van der Waals surface area contributed by atoms with Gasteiger partial charge in [-0.05, 0) is 19.9 Å². The van der Waals surface area contributed by atoms with Crippen molar-refractivity contribution >= 4 is 25.6 Å². The van der Waals surface area contributed by atoms with E-state index in [1.54, 1.807) is 18.7 Å². The van der Waals surface area contributed by atoms with Gasteiger partial charge >= 0.3 is 0 Å². The van der Waals surface area contributed by atoms with Gasteiger partial charge in [0.1, 0.15) is 10.6 Å². The lowest BCUT2D eigenvalue weighted by Gasteiger charge is -2.19. The first-order chi connectivity index (χ1) is 9.18. The zero-order valence-electron chi connectivity index (χ0n) is 12.0. The fraction of sp³-hybridized carbons (Fsp3) is 0.583. The fourth-order valence-corrected chi connectivity index (χ4v) is 2.46. The van der Waals surface area contributed by atoms with Crippen molar-refractivity contribution in [2.24, 2.45) is 0 Å². The van der Waals surface area contributed by atoms with E-state index in [-0.39, 0.29) is 22.5 Å². The molecule has 0 aliphatic carbocycles. The lowest BCUT2D eigenvalue weighted by atomic mass is 10.3. The van der Waals surface area contributed by atoms with Crippen molar-refractivity contribution in [3.8, 4) is 0 Å². The number of ether oxygens (including phenoxy) is 1. The van der Waals surface area contributed by atoms with E-state index in [4.69, 9.17) is 15.4 Å². The van der Waals surface area contributed by atoms with Gasteiger partial charge in [-0.1, -0.05) is 0 Å². The maximum absolute atomic E-state index is 12.3. The number of hydrogen-bond acceptors (Lipinski definition) is 4. The maximum Gasteiger partial charge on any atom is 0.270 e. The van der Waals surface area contributed by atoms with E-state index in [1.165, 1.54) is 17.2 Å². The van der Waals surface area contributed by atoms with Crippen LogP contribution in [0.4, 0.5) is 0 Å². The number of aromatic nitrogens is 1. The van der Waals surface area contributed by atoms with Gasteiger partial charge in [0.25, 0.3) is 15.0 Å². The highest BCUT2D eigenvalue weighted by atomic mass is 35.7. The topological polar surface area (TPSA) is 68.6 Å². The summed E-state index contributed by atoms with van der Waals surface area (Å²) in [7, 11) is 4.65. The standard InChI is InChI=1S/C12H19ClN2O4S/c1-9(2)15-8-10(20(13,17)18)7-11(15)12(16)14(3)5-6-19-4/h7-9H,5-6H2,1-4H3. The molecule has 1 amide bonds. The fourth-order valence-electron chi connectivity index (χ4n) is 1.71. The van der Waals surface area contributed by atoms with Crippen LogP contribution in [0.5, 0.6) is 0 Å². The Kier molecular flexibility index (Phi) is 5.61. The van der Waals surface area contributed by atoms with E-state index in [0.717, 1.165) is 0 Å². The molecule has 0 N–H and O–H groups in total. The largest absolute Gasteiger partial charge is 0.383 e. The number of nitrogens with zero attached hydrogens (tertiary/aromatic N) is 2. The number of methoxy groups -OCH3 is 1. The molecule has 0 atom stereocenters. The summed E-state index contributed by atoms with van der Waals surface area (Å²) in [6.07, 6.45) is 1.38. The molecule has 1 rings (SSSR count). The molecule has 0 aromatic carbocycles. The van der Waals surface area contributed by atoms with Gasteiger partial charge in [0.2, 0.25) is 0 Å². The number of halogens is 1. The SMILES string of the molecule is COCCN(C)C(=O)c1cc(S(=O)(=O)Cl)cn1C(C)C. The summed E-state index contributed by atoms with van der Waals surface area (Å²) >= 11 is 0. The van der Waals surface area contributed by atoms with Crippen LogP contribution in [-0.4, -0.2) is 51.1 Å². The summed E-state index contributed by atoms with van der Waals surface area (Å²) in [5.74, 6) is -0.276. The van der Waals surface area contributed by atoms with Crippen molar-refractivity contribution in [3.63, 3.8) is 0 Å². The highest BCUT2D eigenvalue weighted by Gasteiger charge is 2.23. The predicted octanol–water partition coefficient (Wildman–Crippen LogP) is 1.71. The summed E-state index contributed by atoms with van der Waals surface area (Å²) in [5, 5.41) is 0. The Morgan fingerprint density at radius 3 is 2.55 bits per heavy atom. The normalized spacial score (nSPS) is 11.9. The molecular formula is C12H19ClN2O4S. The molecule has 1 aromatic heterocycles. The molecule has 0 saturated heterocycles. The molecule has 0 aliphatic heterocycles. The highest BCUT2D eigenvalue weighted by molar-refractivity contribution is 8.13. The molecule has 8 heteroatoms. The Morgan fingerprint density at radius 1 is 1.50 bits per heavy atom. The first-order valence-corrected chi connectivity index (χ1v) is 8.40. The van der Waals surface area contributed by atoms with E-state index >= 15 is 0 Å². The molecule has 20 heavy (non-hydrogen) atoms. The van der Waals surface area contributed by atoms with Gasteiger partial charge in [-0.15, -0.1) is 0 Å². The van der Waals surface area contributed by atoms with Gasteiger partial charge in [-0.3, -0.25) is 4.79 Å². The van der Waals surface area contributed by atoms with Crippen molar-refractivity contribution in [2.75, 3.05) is 27.3 Å². The molecular weight excluding hydrogens is 304 g/mol. The molecule has 0 fully saturated rings. The van der Waals surface area contributed by atoms with Crippen LogP contribution < -0.4 is 0 Å². The molecule has 0 spiro atoms. The Hall–Kier alpha value is -1.05. The van der Waals surface area contributed by atoms with Gasteiger partial charge in [-0.2, -0.15) is 0 Å². The van der Waals surface area contributed by atoms with Crippen molar-refractivity contribution in [1.29, 1.82) is 0 Å². The van der Waals surface area contributed by atoms with Crippen LogP contribution in [0.3, 0.4) is 0 Å². The minimum Gasteiger partial charge on any atom is -0.383 e. The van der Waals surface area contributed by atoms with E-state index in [0.29, 0.717) is 13.2 Å². The summed E-state index contributed by atoms with van der Waals surface area (Å²) in [6, 6.07) is 1.24. The zero-order chi connectivity index (χ0) is 15.5. The van der Waals surface area contributed by atoms with Crippen LogP contribution in [-0.2, 0) is 13.8 Å². The highest BCUT2D eigenvalue weighted by Crippen LogP contribution is 2.22. The van der Waals surface area contributed by atoms with Gasteiger partial charge in [0, 0.05) is 43.6 Å². The number of rotatable bonds is 6. The third kappa shape index (κ3) is 3.97. The maximum atomic E-state index is 12.3. The number of likely N-dealkylation sites (N-methyl/N-ethyl adjacent to an activating group) is 1. The van der Waals surface area contributed by atoms with Crippen molar-refractivity contribution in [2.45, 2.75) is 24.8 Å². The number of carbonyl (C=O) groups is 1. The van der Waals surface area contributed by atoms with Crippen LogP contribution >= 0.6 is 10.7 Å². The second-order valence-corrected chi connectivity index (χ2v) is 7.29.